The first-order chi connectivity index (χ1) is 11.7. The summed E-state index contributed by atoms with van der Waals surface area (Å²) in [4.78, 5) is 15.0. The maximum absolute atomic E-state index is 12.6. The minimum Gasteiger partial charge on any atom is -0.485 e. The van der Waals surface area contributed by atoms with Crippen molar-refractivity contribution in [2.45, 2.75) is 19.6 Å². The Morgan fingerprint density at radius 1 is 1.29 bits per heavy atom. The standard InChI is InChI=1S/C18H19NO4S/c1-12-4-2-3-5-13(12)10-23-14-8-19(9-14)18(20)17-16-15(11-24-17)21-6-7-22-16/h2-5,11,14H,6-10H2,1H3. The Bertz CT molecular complexity index is 751. The van der Waals surface area contributed by atoms with Gasteiger partial charge in [0.2, 0.25) is 0 Å². The van der Waals surface area contributed by atoms with Gasteiger partial charge >= 0.3 is 0 Å². The molecule has 6 heteroatoms. The zero-order valence-electron chi connectivity index (χ0n) is 13.5. The van der Waals surface area contributed by atoms with E-state index < -0.39 is 0 Å². The van der Waals surface area contributed by atoms with Crippen LogP contribution in [0.25, 0.3) is 0 Å². The molecule has 2 aromatic rings. The van der Waals surface area contributed by atoms with Crippen LogP contribution in [-0.4, -0.2) is 43.2 Å². The van der Waals surface area contributed by atoms with Gasteiger partial charge in [0.05, 0.1) is 12.7 Å². The van der Waals surface area contributed by atoms with Gasteiger partial charge in [0.15, 0.2) is 11.5 Å². The zero-order chi connectivity index (χ0) is 16.5. The van der Waals surface area contributed by atoms with Crippen molar-refractivity contribution in [3.05, 3.63) is 45.6 Å². The minimum atomic E-state index is 0.00231. The summed E-state index contributed by atoms with van der Waals surface area (Å²) in [6.45, 7) is 4.95. The predicted octanol–water partition coefficient (Wildman–Crippen LogP) is 2.87. The quantitative estimate of drug-likeness (QED) is 0.855. The summed E-state index contributed by atoms with van der Waals surface area (Å²) in [6, 6.07) is 8.20. The third-order valence-corrected chi connectivity index (χ3v) is 5.29. The number of likely N-dealkylation sites (tertiary alicyclic amines) is 1. The SMILES string of the molecule is Cc1ccccc1COC1CN(C(=O)c2scc3c2OCCO3)C1. The molecule has 0 unspecified atom stereocenters. The summed E-state index contributed by atoms with van der Waals surface area (Å²) in [5.41, 5.74) is 2.42. The molecule has 24 heavy (non-hydrogen) atoms. The van der Waals surface area contributed by atoms with Gasteiger partial charge in [-0.1, -0.05) is 24.3 Å². The van der Waals surface area contributed by atoms with Crippen molar-refractivity contribution in [2.24, 2.45) is 0 Å². The van der Waals surface area contributed by atoms with Gasteiger partial charge in [0, 0.05) is 18.5 Å². The van der Waals surface area contributed by atoms with Crippen molar-refractivity contribution >= 4 is 17.2 Å². The lowest BCUT2D eigenvalue weighted by Gasteiger charge is -2.38. The van der Waals surface area contributed by atoms with Crippen LogP contribution in [0.15, 0.2) is 29.6 Å². The molecule has 0 aliphatic carbocycles. The molecule has 126 valence electrons. The highest BCUT2D eigenvalue weighted by Crippen LogP contribution is 2.40. The number of rotatable bonds is 4. The van der Waals surface area contributed by atoms with E-state index in [-0.39, 0.29) is 12.0 Å². The average Bonchev–Trinajstić information content (AvgIpc) is 2.99. The number of carbonyl (C=O) groups is 1. The van der Waals surface area contributed by atoms with Crippen molar-refractivity contribution in [2.75, 3.05) is 26.3 Å². The lowest BCUT2D eigenvalue weighted by Crippen LogP contribution is -2.54. The van der Waals surface area contributed by atoms with Crippen LogP contribution < -0.4 is 9.47 Å². The van der Waals surface area contributed by atoms with Crippen LogP contribution in [-0.2, 0) is 11.3 Å². The van der Waals surface area contributed by atoms with E-state index >= 15 is 0 Å². The highest BCUT2D eigenvalue weighted by molar-refractivity contribution is 7.12. The molecule has 1 aromatic heterocycles. The van der Waals surface area contributed by atoms with E-state index in [2.05, 4.69) is 19.1 Å². The van der Waals surface area contributed by atoms with Gasteiger partial charge in [0.25, 0.3) is 5.91 Å². The Morgan fingerprint density at radius 3 is 2.92 bits per heavy atom. The number of hydrogen-bond acceptors (Lipinski definition) is 5. The topological polar surface area (TPSA) is 48.0 Å². The molecule has 0 radical (unpaired) electrons. The van der Waals surface area contributed by atoms with Gasteiger partial charge in [-0.3, -0.25) is 4.79 Å². The van der Waals surface area contributed by atoms with Gasteiger partial charge in [-0.15, -0.1) is 11.3 Å². The van der Waals surface area contributed by atoms with Crippen LogP contribution in [0.1, 0.15) is 20.8 Å². The second kappa shape index (κ2) is 6.45. The number of nitrogens with zero attached hydrogens (tertiary/aromatic N) is 1. The van der Waals surface area contributed by atoms with Crippen LogP contribution in [0.5, 0.6) is 11.5 Å². The molecule has 3 heterocycles. The van der Waals surface area contributed by atoms with Crippen molar-refractivity contribution in [3.63, 3.8) is 0 Å². The lowest BCUT2D eigenvalue weighted by molar-refractivity contribution is -0.0503. The Labute approximate surface area is 144 Å². The number of thiophene rings is 1. The Balaban J connectivity index is 1.32. The van der Waals surface area contributed by atoms with Gasteiger partial charge < -0.3 is 19.1 Å². The smallest absolute Gasteiger partial charge is 0.268 e. The molecule has 0 saturated carbocycles. The summed E-state index contributed by atoms with van der Waals surface area (Å²) in [5, 5.41) is 1.84. The fourth-order valence-electron chi connectivity index (χ4n) is 2.84. The fourth-order valence-corrected chi connectivity index (χ4v) is 3.74. The first-order valence-electron chi connectivity index (χ1n) is 8.05. The molecular weight excluding hydrogens is 326 g/mol. The van der Waals surface area contributed by atoms with E-state index in [1.54, 1.807) is 4.90 Å². The highest BCUT2D eigenvalue weighted by Gasteiger charge is 2.35. The molecule has 4 rings (SSSR count). The summed E-state index contributed by atoms with van der Waals surface area (Å²) < 4.78 is 17.0. The highest BCUT2D eigenvalue weighted by atomic mass is 32.1. The molecule has 1 aromatic carbocycles. The summed E-state index contributed by atoms with van der Waals surface area (Å²) >= 11 is 1.38. The zero-order valence-corrected chi connectivity index (χ0v) is 14.3. The minimum absolute atomic E-state index is 0.00231. The monoisotopic (exact) mass is 345 g/mol. The van der Waals surface area contributed by atoms with Crippen molar-refractivity contribution in [1.82, 2.24) is 4.90 Å². The van der Waals surface area contributed by atoms with Crippen LogP contribution >= 0.6 is 11.3 Å². The second-order valence-corrected chi connectivity index (χ2v) is 6.90. The van der Waals surface area contributed by atoms with E-state index in [9.17, 15) is 4.79 Å². The Hall–Kier alpha value is -2.05. The molecule has 1 amide bonds. The van der Waals surface area contributed by atoms with Crippen molar-refractivity contribution in [1.29, 1.82) is 0 Å². The molecule has 0 N–H and O–H groups in total. The average molecular weight is 345 g/mol. The van der Waals surface area contributed by atoms with Crippen LogP contribution in [0.2, 0.25) is 0 Å². The molecule has 1 saturated heterocycles. The van der Waals surface area contributed by atoms with E-state index in [0.717, 1.165) is 0 Å². The molecule has 0 bridgehead atoms. The maximum Gasteiger partial charge on any atom is 0.268 e. The number of aryl methyl sites for hydroxylation is 1. The normalized spacial score (nSPS) is 16.8. The molecule has 2 aliphatic heterocycles. The molecule has 0 atom stereocenters. The number of hydrogen-bond donors (Lipinski definition) is 0. The Morgan fingerprint density at radius 2 is 2.08 bits per heavy atom. The molecule has 1 fully saturated rings. The van der Waals surface area contributed by atoms with E-state index in [0.29, 0.717) is 49.3 Å². The first-order valence-corrected chi connectivity index (χ1v) is 8.93. The number of amides is 1. The van der Waals surface area contributed by atoms with Gasteiger partial charge in [-0.05, 0) is 18.1 Å². The van der Waals surface area contributed by atoms with Crippen molar-refractivity contribution in [3.8, 4) is 11.5 Å². The summed E-state index contributed by atoms with van der Waals surface area (Å²) in [6.07, 6.45) is 0.0986. The van der Waals surface area contributed by atoms with Crippen LogP contribution in [0.4, 0.5) is 0 Å². The Kier molecular flexibility index (Phi) is 4.16. The van der Waals surface area contributed by atoms with E-state index in [1.165, 1.54) is 22.5 Å². The first kappa shape index (κ1) is 15.5. The van der Waals surface area contributed by atoms with E-state index in [1.807, 2.05) is 17.5 Å². The van der Waals surface area contributed by atoms with Crippen LogP contribution in [0, 0.1) is 6.92 Å². The number of benzene rings is 1. The second-order valence-electron chi connectivity index (χ2n) is 6.02. The third-order valence-electron chi connectivity index (χ3n) is 4.37. The largest absolute Gasteiger partial charge is 0.485 e. The molecule has 0 spiro atoms. The molecule has 5 nitrogen and oxygen atoms in total. The van der Waals surface area contributed by atoms with Gasteiger partial charge in [-0.2, -0.15) is 0 Å². The number of carbonyl (C=O) groups excluding carboxylic acids is 1. The molecular formula is C18H19NO4S. The summed E-state index contributed by atoms with van der Waals surface area (Å²) in [5.74, 6) is 1.28. The van der Waals surface area contributed by atoms with Gasteiger partial charge in [0.1, 0.15) is 18.1 Å². The number of fused-ring (bicyclic) bond motifs is 1. The summed E-state index contributed by atoms with van der Waals surface area (Å²) in [7, 11) is 0. The lowest BCUT2D eigenvalue weighted by atomic mass is 10.1. The molecule has 2 aliphatic rings. The van der Waals surface area contributed by atoms with Gasteiger partial charge in [-0.25, -0.2) is 0 Å². The maximum atomic E-state index is 12.6. The third kappa shape index (κ3) is 2.87. The van der Waals surface area contributed by atoms with Crippen LogP contribution in [0.3, 0.4) is 0 Å². The fraction of sp³-hybridized carbons (Fsp3) is 0.389. The van der Waals surface area contributed by atoms with E-state index in [4.69, 9.17) is 14.2 Å². The van der Waals surface area contributed by atoms with Crippen molar-refractivity contribution < 1.29 is 19.0 Å². The number of ether oxygens (including phenoxy) is 3. The predicted molar refractivity (Wildman–Crippen MR) is 91.0 cm³/mol.